The van der Waals surface area contributed by atoms with E-state index in [0.29, 0.717) is 12.0 Å². The van der Waals surface area contributed by atoms with Crippen LogP contribution < -0.4 is 0 Å². The van der Waals surface area contributed by atoms with E-state index >= 15 is 0 Å². The van der Waals surface area contributed by atoms with Crippen molar-refractivity contribution >= 4 is 21.6 Å². The van der Waals surface area contributed by atoms with Crippen molar-refractivity contribution in [3.63, 3.8) is 0 Å². The molecule has 1 unspecified atom stereocenters. The summed E-state index contributed by atoms with van der Waals surface area (Å²) in [4.78, 5) is 22.8. The summed E-state index contributed by atoms with van der Waals surface area (Å²) in [5, 5.41) is -1.27. The quantitative estimate of drug-likeness (QED) is 0.593. The van der Waals surface area contributed by atoms with Crippen LogP contribution in [0.2, 0.25) is 0 Å². The van der Waals surface area contributed by atoms with Gasteiger partial charge < -0.3 is 4.74 Å². The highest BCUT2D eigenvalue weighted by Gasteiger charge is 2.30. The van der Waals surface area contributed by atoms with Gasteiger partial charge in [-0.05, 0) is 32.4 Å². The highest BCUT2D eigenvalue weighted by Crippen LogP contribution is 2.18. The number of sulfone groups is 1. The SMILES string of the molecule is CCCOC(=O)C(C)S(=O)(=O)c1ccc(C(C)=O)cc1. The maximum Gasteiger partial charge on any atom is 0.324 e. The molecule has 0 aliphatic carbocycles. The average Bonchev–Trinajstić information content (AvgIpc) is 2.43. The number of Topliss-reactive ketones (excluding diaryl/α,β-unsaturated/α-hetero) is 1. The summed E-state index contributed by atoms with van der Waals surface area (Å²) >= 11 is 0. The van der Waals surface area contributed by atoms with Crippen LogP contribution in [-0.2, 0) is 19.4 Å². The molecular formula is C14H18O5S. The largest absolute Gasteiger partial charge is 0.465 e. The lowest BCUT2D eigenvalue weighted by Gasteiger charge is -2.12. The highest BCUT2D eigenvalue weighted by molar-refractivity contribution is 7.92. The van der Waals surface area contributed by atoms with Crippen molar-refractivity contribution < 1.29 is 22.7 Å². The fourth-order valence-electron chi connectivity index (χ4n) is 1.53. The van der Waals surface area contributed by atoms with Crippen LogP contribution in [0.1, 0.15) is 37.6 Å². The molecule has 6 heteroatoms. The van der Waals surface area contributed by atoms with Crippen LogP contribution in [-0.4, -0.2) is 32.0 Å². The molecule has 0 radical (unpaired) electrons. The number of carbonyl (C=O) groups is 2. The second-order valence-corrected chi connectivity index (χ2v) is 6.70. The monoisotopic (exact) mass is 298 g/mol. The Morgan fingerprint density at radius 3 is 2.20 bits per heavy atom. The summed E-state index contributed by atoms with van der Waals surface area (Å²) in [6.07, 6.45) is 0.631. The zero-order chi connectivity index (χ0) is 15.3. The zero-order valence-corrected chi connectivity index (χ0v) is 12.6. The second-order valence-electron chi connectivity index (χ2n) is 4.44. The van der Waals surface area contributed by atoms with E-state index < -0.39 is 21.1 Å². The Hall–Kier alpha value is -1.69. The molecule has 0 saturated carbocycles. The molecule has 1 atom stereocenters. The highest BCUT2D eigenvalue weighted by atomic mass is 32.2. The maximum absolute atomic E-state index is 12.2. The van der Waals surface area contributed by atoms with Gasteiger partial charge in [0.25, 0.3) is 0 Å². The molecule has 0 aromatic heterocycles. The van der Waals surface area contributed by atoms with Crippen molar-refractivity contribution in [2.75, 3.05) is 6.61 Å². The first kappa shape index (κ1) is 16.4. The molecule has 20 heavy (non-hydrogen) atoms. The molecule has 1 rings (SSSR count). The van der Waals surface area contributed by atoms with Crippen LogP contribution in [0, 0.1) is 0 Å². The molecule has 1 aromatic carbocycles. The minimum absolute atomic E-state index is 0.00319. The third-order valence-corrected chi connectivity index (χ3v) is 4.89. The summed E-state index contributed by atoms with van der Waals surface area (Å²) in [6, 6.07) is 5.52. The molecule has 0 saturated heterocycles. The van der Waals surface area contributed by atoms with Crippen LogP contribution in [0.5, 0.6) is 0 Å². The van der Waals surface area contributed by atoms with E-state index in [1.54, 1.807) is 0 Å². The van der Waals surface area contributed by atoms with Gasteiger partial charge in [-0.1, -0.05) is 19.1 Å². The van der Waals surface area contributed by atoms with Crippen molar-refractivity contribution in [1.82, 2.24) is 0 Å². The molecule has 0 spiro atoms. The number of rotatable bonds is 6. The Morgan fingerprint density at radius 1 is 1.20 bits per heavy atom. The second kappa shape index (κ2) is 6.65. The molecule has 1 aromatic rings. The molecule has 0 heterocycles. The summed E-state index contributed by atoms with van der Waals surface area (Å²) < 4.78 is 29.3. The van der Waals surface area contributed by atoms with Gasteiger partial charge in [-0.2, -0.15) is 0 Å². The van der Waals surface area contributed by atoms with Crippen molar-refractivity contribution in [2.45, 2.75) is 37.3 Å². The van der Waals surface area contributed by atoms with Crippen molar-refractivity contribution in [3.05, 3.63) is 29.8 Å². The van der Waals surface area contributed by atoms with E-state index in [1.165, 1.54) is 38.1 Å². The molecule has 0 amide bonds. The Kier molecular flexibility index (Phi) is 5.44. The number of hydrogen-bond acceptors (Lipinski definition) is 5. The van der Waals surface area contributed by atoms with Crippen LogP contribution in [0.4, 0.5) is 0 Å². The Balaban J connectivity index is 2.98. The predicted molar refractivity (Wildman–Crippen MR) is 74.3 cm³/mol. The van der Waals surface area contributed by atoms with Crippen molar-refractivity contribution in [1.29, 1.82) is 0 Å². The van der Waals surface area contributed by atoms with Gasteiger partial charge in [-0.15, -0.1) is 0 Å². The van der Waals surface area contributed by atoms with E-state index in [4.69, 9.17) is 4.74 Å². The number of carbonyl (C=O) groups excluding carboxylic acids is 2. The molecule has 0 fully saturated rings. The first-order valence-electron chi connectivity index (χ1n) is 6.32. The summed E-state index contributed by atoms with van der Waals surface area (Å²) in [5.74, 6) is -0.910. The van der Waals surface area contributed by atoms with Gasteiger partial charge in [0, 0.05) is 5.56 Å². The Morgan fingerprint density at radius 2 is 1.75 bits per heavy atom. The van der Waals surface area contributed by atoms with Crippen LogP contribution >= 0.6 is 0 Å². The number of esters is 1. The number of benzene rings is 1. The van der Waals surface area contributed by atoms with Gasteiger partial charge in [-0.3, -0.25) is 9.59 Å². The van der Waals surface area contributed by atoms with E-state index in [-0.39, 0.29) is 17.3 Å². The van der Waals surface area contributed by atoms with E-state index in [9.17, 15) is 18.0 Å². The summed E-state index contributed by atoms with van der Waals surface area (Å²) in [6.45, 7) is 4.72. The molecule has 0 aliphatic rings. The third kappa shape index (κ3) is 3.66. The smallest absolute Gasteiger partial charge is 0.324 e. The number of ketones is 1. The normalized spacial score (nSPS) is 12.8. The van der Waals surface area contributed by atoms with Crippen molar-refractivity contribution in [3.8, 4) is 0 Å². The fourth-order valence-corrected chi connectivity index (χ4v) is 2.78. The lowest BCUT2D eigenvalue weighted by molar-refractivity contribution is -0.142. The Labute approximate surface area is 118 Å². The molecule has 0 N–H and O–H groups in total. The van der Waals surface area contributed by atoms with Gasteiger partial charge in [0.15, 0.2) is 20.9 Å². The van der Waals surface area contributed by atoms with Crippen LogP contribution in [0.15, 0.2) is 29.2 Å². The molecule has 0 bridgehead atoms. The van der Waals surface area contributed by atoms with E-state index in [2.05, 4.69) is 0 Å². The molecule has 5 nitrogen and oxygen atoms in total. The molecule has 110 valence electrons. The van der Waals surface area contributed by atoms with Crippen molar-refractivity contribution in [2.24, 2.45) is 0 Å². The van der Waals surface area contributed by atoms with Crippen LogP contribution in [0.3, 0.4) is 0 Å². The topological polar surface area (TPSA) is 77.5 Å². The first-order valence-corrected chi connectivity index (χ1v) is 7.87. The zero-order valence-electron chi connectivity index (χ0n) is 11.8. The van der Waals surface area contributed by atoms with Gasteiger partial charge in [0.1, 0.15) is 0 Å². The Bertz CT molecular complexity index is 586. The number of ether oxygens (including phenoxy) is 1. The van der Waals surface area contributed by atoms with Gasteiger partial charge in [0.2, 0.25) is 0 Å². The summed E-state index contributed by atoms with van der Waals surface area (Å²) in [7, 11) is -3.80. The van der Waals surface area contributed by atoms with Crippen LogP contribution in [0.25, 0.3) is 0 Å². The third-order valence-electron chi connectivity index (χ3n) is 2.84. The number of hydrogen-bond donors (Lipinski definition) is 0. The average molecular weight is 298 g/mol. The lowest BCUT2D eigenvalue weighted by atomic mass is 10.2. The van der Waals surface area contributed by atoms with E-state index in [1.807, 2.05) is 6.92 Å². The lowest BCUT2D eigenvalue weighted by Crippen LogP contribution is -2.29. The maximum atomic E-state index is 12.2. The van der Waals surface area contributed by atoms with Gasteiger partial charge >= 0.3 is 5.97 Å². The molecule has 0 aliphatic heterocycles. The minimum atomic E-state index is -3.80. The predicted octanol–water partition coefficient (Wildman–Crippen LogP) is 2.00. The molecular weight excluding hydrogens is 280 g/mol. The standard InChI is InChI=1S/C14H18O5S/c1-4-9-19-14(16)11(3)20(17,18)13-7-5-12(6-8-13)10(2)15/h5-8,11H,4,9H2,1-3H3. The van der Waals surface area contributed by atoms with E-state index in [0.717, 1.165) is 0 Å². The fraction of sp³-hybridized carbons (Fsp3) is 0.429. The van der Waals surface area contributed by atoms with Gasteiger partial charge in [-0.25, -0.2) is 8.42 Å². The minimum Gasteiger partial charge on any atom is -0.465 e. The first-order chi connectivity index (χ1) is 9.30. The van der Waals surface area contributed by atoms with Gasteiger partial charge in [0.05, 0.1) is 11.5 Å². The summed E-state index contributed by atoms with van der Waals surface area (Å²) in [5.41, 5.74) is 0.421.